The van der Waals surface area contributed by atoms with Gasteiger partial charge in [0.15, 0.2) is 0 Å². The zero-order valence-electron chi connectivity index (χ0n) is 9.98. The van der Waals surface area contributed by atoms with E-state index in [1.165, 1.54) is 0 Å². The second-order valence-electron chi connectivity index (χ2n) is 4.20. The Morgan fingerprint density at radius 2 is 2.19 bits per heavy atom. The van der Waals surface area contributed by atoms with E-state index in [4.69, 9.17) is 0 Å². The molecular weight excluding hydrogens is 202 g/mol. The highest BCUT2D eigenvalue weighted by Gasteiger charge is 2.12. The van der Waals surface area contributed by atoms with E-state index in [1.807, 2.05) is 31.3 Å². The van der Waals surface area contributed by atoms with Crippen molar-refractivity contribution in [3.63, 3.8) is 0 Å². The Labute approximate surface area is 96.5 Å². The summed E-state index contributed by atoms with van der Waals surface area (Å²) in [6.07, 6.45) is 2.98. The molecule has 0 aliphatic carbocycles. The van der Waals surface area contributed by atoms with Crippen LogP contribution in [0.2, 0.25) is 0 Å². The number of anilines is 2. The minimum Gasteiger partial charge on any atom is -0.363 e. The molecule has 1 saturated heterocycles. The van der Waals surface area contributed by atoms with E-state index in [2.05, 4.69) is 20.2 Å². The minimum absolute atomic E-state index is 0.843. The van der Waals surface area contributed by atoms with Crippen molar-refractivity contribution in [1.29, 1.82) is 0 Å². The summed E-state index contributed by atoms with van der Waals surface area (Å²) < 4.78 is 0. The van der Waals surface area contributed by atoms with E-state index < -0.39 is 0 Å². The lowest BCUT2D eigenvalue weighted by Gasteiger charge is -2.21. The van der Waals surface area contributed by atoms with E-state index >= 15 is 0 Å². The maximum Gasteiger partial charge on any atom is 0.227 e. The van der Waals surface area contributed by atoms with Crippen LogP contribution >= 0.6 is 0 Å². The number of hydrogen-bond donors (Lipinski definition) is 1. The number of nitrogens with zero attached hydrogens (tertiary/aromatic N) is 4. The van der Waals surface area contributed by atoms with Crippen LogP contribution in [0.5, 0.6) is 0 Å². The zero-order chi connectivity index (χ0) is 11.4. The first-order chi connectivity index (χ1) is 7.77. The van der Waals surface area contributed by atoms with Gasteiger partial charge in [0.25, 0.3) is 0 Å². The lowest BCUT2D eigenvalue weighted by molar-refractivity contribution is 0.724. The maximum atomic E-state index is 4.55. The number of aromatic nitrogens is 2. The van der Waals surface area contributed by atoms with Gasteiger partial charge in [-0.15, -0.1) is 0 Å². The lowest BCUT2D eigenvalue weighted by Crippen LogP contribution is -2.29. The molecule has 5 nitrogen and oxygen atoms in total. The summed E-state index contributed by atoms with van der Waals surface area (Å²) in [5.41, 5.74) is 0. The average molecular weight is 221 g/mol. The molecule has 1 aliphatic rings. The van der Waals surface area contributed by atoms with Gasteiger partial charge in [0.2, 0.25) is 5.95 Å². The second-order valence-corrected chi connectivity index (χ2v) is 4.20. The molecule has 5 heteroatoms. The standard InChI is InChI=1S/C11H19N5/c1-15(2)10-4-6-13-11(14-10)16-8-3-5-12-7-9-16/h4,6,12H,3,5,7-9H2,1-2H3. The van der Waals surface area contributed by atoms with Crippen LogP contribution in [0.3, 0.4) is 0 Å². The quantitative estimate of drug-likeness (QED) is 0.780. The first-order valence-electron chi connectivity index (χ1n) is 5.73. The summed E-state index contributed by atoms with van der Waals surface area (Å²) in [7, 11) is 3.99. The topological polar surface area (TPSA) is 44.3 Å². The Kier molecular flexibility index (Phi) is 3.56. The van der Waals surface area contributed by atoms with Gasteiger partial charge in [-0.1, -0.05) is 0 Å². The maximum absolute atomic E-state index is 4.55. The largest absolute Gasteiger partial charge is 0.363 e. The third-order valence-electron chi connectivity index (χ3n) is 2.71. The number of nitrogens with one attached hydrogen (secondary N) is 1. The SMILES string of the molecule is CN(C)c1ccnc(N2CCCNCC2)n1. The Morgan fingerprint density at radius 1 is 1.31 bits per heavy atom. The molecule has 0 amide bonds. The Bertz CT molecular complexity index is 331. The molecule has 1 fully saturated rings. The van der Waals surface area contributed by atoms with Gasteiger partial charge in [-0.25, -0.2) is 4.98 Å². The van der Waals surface area contributed by atoms with E-state index in [9.17, 15) is 0 Å². The highest BCUT2D eigenvalue weighted by Crippen LogP contribution is 2.13. The van der Waals surface area contributed by atoms with Crippen molar-refractivity contribution >= 4 is 11.8 Å². The fourth-order valence-corrected chi connectivity index (χ4v) is 1.79. The summed E-state index contributed by atoms with van der Waals surface area (Å²) in [4.78, 5) is 13.1. The van der Waals surface area contributed by atoms with Gasteiger partial charge in [0.05, 0.1) is 0 Å². The molecule has 16 heavy (non-hydrogen) atoms. The molecule has 0 aromatic carbocycles. The third-order valence-corrected chi connectivity index (χ3v) is 2.71. The van der Waals surface area contributed by atoms with Gasteiger partial charge in [0.1, 0.15) is 5.82 Å². The summed E-state index contributed by atoms with van der Waals surface area (Å²) in [6, 6.07) is 1.93. The van der Waals surface area contributed by atoms with Crippen LogP contribution in [-0.2, 0) is 0 Å². The first-order valence-corrected chi connectivity index (χ1v) is 5.73. The Balaban J connectivity index is 2.15. The predicted octanol–water partition coefficient (Wildman–Crippen LogP) is 0.342. The van der Waals surface area contributed by atoms with Crippen molar-refractivity contribution in [2.45, 2.75) is 6.42 Å². The third kappa shape index (κ3) is 2.61. The van der Waals surface area contributed by atoms with Crippen LogP contribution in [0.25, 0.3) is 0 Å². The molecule has 1 aromatic rings. The summed E-state index contributed by atoms with van der Waals surface area (Å²) in [6.45, 7) is 4.11. The highest BCUT2D eigenvalue weighted by atomic mass is 15.3. The van der Waals surface area contributed by atoms with Gasteiger partial charge in [0, 0.05) is 39.9 Å². The summed E-state index contributed by atoms with van der Waals surface area (Å²) >= 11 is 0. The number of hydrogen-bond acceptors (Lipinski definition) is 5. The fraction of sp³-hybridized carbons (Fsp3) is 0.636. The van der Waals surface area contributed by atoms with Gasteiger partial charge < -0.3 is 15.1 Å². The molecule has 1 N–H and O–H groups in total. The molecule has 1 aromatic heterocycles. The second kappa shape index (κ2) is 5.12. The molecule has 0 atom stereocenters. The van der Waals surface area contributed by atoms with Crippen LogP contribution in [-0.4, -0.2) is 50.2 Å². The van der Waals surface area contributed by atoms with Crippen LogP contribution in [0.1, 0.15) is 6.42 Å². The van der Waals surface area contributed by atoms with Gasteiger partial charge >= 0.3 is 0 Å². The van der Waals surface area contributed by atoms with Crippen LogP contribution < -0.4 is 15.1 Å². The average Bonchev–Trinajstić information content (AvgIpc) is 2.57. The van der Waals surface area contributed by atoms with Gasteiger partial charge in [-0.2, -0.15) is 4.98 Å². The lowest BCUT2D eigenvalue weighted by atomic mass is 10.4. The van der Waals surface area contributed by atoms with Crippen molar-refractivity contribution in [2.24, 2.45) is 0 Å². The Hall–Kier alpha value is -1.36. The molecule has 1 aliphatic heterocycles. The minimum atomic E-state index is 0.843. The predicted molar refractivity (Wildman–Crippen MR) is 66.1 cm³/mol. The summed E-state index contributed by atoms with van der Waals surface area (Å²) in [5, 5.41) is 3.38. The van der Waals surface area contributed by atoms with Crippen molar-refractivity contribution in [1.82, 2.24) is 15.3 Å². The monoisotopic (exact) mass is 221 g/mol. The fourth-order valence-electron chi connectivity index (χ4n) is 1.79. The van der Waals surface area contributed by atoms with Gasteiger partial charge in [-0.05, 0) is 19.0 Å². The Morgan fingerprint density at radius 3 is 3.00 bits per heavy atom. The molecular formula is C11H19N5. The van der Waals surface area contributed by atoms with E-state index in [1.54, 1.807) is 0 Å². The van der Waals surface area contributed by atoms with E-state index in [0.717, 1.165) is 44.4 Å². The van der Waals surface area contributed by atoms with Crippen molar-refractivity contribution < 1.29 is 0 Å². The molecule has 0 unspecified atom stereocenters. The zero-order valence-corrected chi connectivity index (χ0v) is 9.98. The number of rotatable bonds is 2. The van der Waals surface area contributed by atoms with Crippen molar-refractivity contribution in [3.05, 3.63) is 12.3 Å². The van der Waals surface area contributed by atoms with Crippen LogP contribution in [0.4, 0.5) is 11.8 Å². The molecule has 88 valence electrons. The van der Waals surface area contributed by atoms with Crippen LogP contribution in [0, 0.1) is 0 Å². The first kappa shape index (κ1) is 11.1. The molecule has 0 radical (unpaired) electrons. The smallest absolute Gasteiger partial charge is 0.227 e. The van der Waals surface area contributed by atoms with Crippen molar-refractivity contribution in [2.75, 3.05) is 50.1 Å². The normalized spacial score (nSPS) is 17.0. The van der Waals surface area contributed by atoms with Gasteiger partial charge in [-0.3, -0.25) is 0 Å². The van der Waals surface area contributed by atoms with E-state index in [-0.39, 0.29) is 0 Å². The molecule has 2 rings (SSSR count). The molecule has 0 saturated carbocycles. The van der Waals surface area contributed by atoms with Crippen molar-refractivity contribution in [3.8, 4) is 0 Å². The molecule has 0 bridgehead atoms. The van der Waals surface area contributed by atoms with Crippen LogP contribution in [0.15, 0.2) is 12.3 Å². The molecule has 2 heterocycles. The molecule has 0 spiro atoms. The summed E-state index contributed by atoms with van der Waals surface area (Å²) in [5.74, 6) is 1.80. The van der Waals surface area contributed by atoms with E-state index in [0.29, 0.717) is 0 Å². The highest BCUT2D eigenvalue weighted by molar-refractivity contribution is 5.42.